The van der Waals surface area contributed by atoms with Gasteiger partial charge in [0.2, 0.25) is 0 Å². The zero-order chi connectivity index (χ0) is 15.8. The topological polar surface area (TPSA) is 64.8 Å². The number of carbonyl (C=O) groups is 1. The van der Waals surface area contributed by atoms with Gasteiger partial charge in [-0.25, -0.2) is 4.98 Å². The number of fused-ring (bicyclic) bond motifs is 1. The number of rotatable bonds is 2. The molecular weight excluding hydrogens is 288 g/mol. The summed E-state index contributed by atoms with van der Waals surface area (Å²) in [6.07, 6.45) is 3.94. The summed E-state index contributed by atoms with van der Waals surface area (Å²) in [5, 5.41) is 0. The number of hydrogen-bond donors (Lipinski definition) is 2. The first-order valence-corrected chi connectivity index (χ1v) is 8.09. The van der Waals surface area contributed by atoms with E-state index in [1.807, 2.05) is 48.4 Å². The van der Waals surface area contributed by atoms with Crippen LogP contribution < -0.4 is 0 Å². The van der Waals surface area contributed by atoms with Crippen molar-refractivity contribution < 1.29 is 4.79 Å². The number of amides is 1. The SMILES string of the molecule is Cc1c[nH]c(C(=O)N2CCCC(c3nc4ccccc4[nH]3)C2)c1. The molecule has 0 spiro atoms. The fourth-order valence-corrected chi connectivity index (χ4v) is 3.35. The van der Waals surface area contributed by atoms with Gasteiger partial charge in [0.05, 0.1) is 11.0 Å². The number of likely N-dealkylation sites (tertiary alicyclic amines) is 1. The first-order valence-electron chi connectivity index (χ1n) is 8.09. The molecule has 1 unspecified atom stereocenters. The quantitative estimate of drug-likeness (QED) is 0.763. The lowest BCUT2D eigenvalue weighted by Gasteiger charge is -2.31. The predicted octanol–water partition coefficient (Wildman–Crippen LogP) is 3.22. The summed E-state index contributed by atoms with van der Waals surface area (Å²) in [7, 11) is 0. The molecule has 118 valence electrons. The van der Waals surface area contributed by atoms with E-state index in [2.05, 4.69) is 9.97 Å². The van der Waals surface area contributed by atoms with Crippen LogP contribution in [0.25, 0.3) is 11.0 Å². The minimum Gasteiger partial charge on any atom is -0.357 e. The van der Waals surface area contributed by atoms with Crippen molar-refractivity contribution in [1.82, 2.24) is 19.9 Å². The Bertz CT molecular complexity index is 814. The van der Waals surface area contributed by atoms with Crippen molar-refractivity contribution in [3.63, 3.8) is 0 Å². The monoisotopic (exact) mass is 308 g/mol. The molecule has 4 rings (SSSR count). The largest absolute Gasteiger partial charge is 0.357 e. The number of nitrogens with zero attached hydrogens (tertiary/aromatic N) is 2. The Labute approximate surface area is 134 Å². The van der Waals surface area contributed by atoms with Crippen LogP contribution in [0.15, 0.2) is 36.5 Å². The zero-order valence-electron chi connectivity index (χ0n) is 13.2. The first-order chi connectivity index (χ1) is 11.2. The molecule has 1 aliphatic heterocycles. The van der Waals surface area contributed by atoms with E-state index in [1.165, 1.54) is 0 Å². The number of benzene rings is 1. The molecule has 2 aromatic heterocycles. The van der Waals surface area contributed by atoms with E-state index in [-0.39, 0.29) is 11.8 Å². The van der Waals surface area contributed by atoms with Crippen LogP contribution in [0.5, 0.6) is 0 Å². The molecule has 1 saturated heterocycles. The van der Waals surface area contributed by atoms with Gasteiger partial charge >= 0.3 is 0 Å². The smallest absolute Gasteiger partial charge is 0.270 e. The van der Waals surface area contributed by atoms with Crippen LogP contribution in [-0.2, 0) is 0 Å². The number of H-pyrrole nitrogens is 2. The lowest BCUT2D eigenvalue weighted by atomic mass is 9.97. The Kier molecular flexibility index (Phi) is 3.41. The molecule has 5 nitrogen and oxygen atoms in total. The number of hydrogen-bond acceptors (Lipinski definition) is 2. The van der Waals surface area contributed by atoms with Crippen molar-refractivity contribution in [1.29, 1.82) is 0 Å². The molecule has 0 bridgehead atoms. The second kappa shape index (κ2) is 5.57. The van der Waals surface area contributed by atoms with Crippen LogP contribution in [-0.4, -0.2) is 38.8 Å². The van der Waals surface area contributed by atoms with E-state index in [4.69, 9.17) is 4.98 Å². The van der Waals surface area contributed by atoms with Crippen molar-refractivity contribution in [3.05, 3.63) is 53.6 Å². The summed E-state index contributed by atoms with van der Waals surface area (Å²) < 4.78 is 0. The minimum atomic E-state index is 0.0823. The molecule has 0 radical (unpaired) electrons. The highest BCUT2D eigenvalue weighted by Crippen LogP contribution is 2.27. The summed E-state index contributed by atoms with van der Waals surface area (Å²) >= 11 is 0. The molecule has 1 aliphatic rings. The van der Waals surface area contributed by atoms with E-state index in [0.29, 0.717) is 5.69 Å². The Morgan fingerprint density at radius 3 is 3.00 bits per heavy atom. The van der Waals surface area contributed by atoms with Crippen molar-refractivity contribution in [3.8, 4) is 0 Å². The fourth-order valence-electron chi connectivity index (χ4n) is 3.35. The van der Waals surface area contributed by atoms with Crippen molar-refractivity contribution in [2.45, 2.75) is 25.7 Å². The van der Waals surface area contributed by atoms with Gasteiger partial charge in [0.1, 0.15) is 11.5 Å². The van der Waals surface area contributed by atoms with E-state index in [0.717, 1.165) is 48.4 Å². The number of aromatic nitrogens is 3. The maximum Gasteiger partial charge on any atom is 0.270 e. The van der Waals surface area contributed by atoms with E-state index < -0.39 is 0 Å². The Morgan fingerprint density at radius 2 is 2.22 bits per heavy atom. The molecule has 1 amide bonds. The molecule has 0 saturated carbocycles. The maximum atomic E-state index is 12.6. The molecule has 0 aliphatic carbocycles. The number of piperidine rings is 1. The summed E-state index contributed by atoms with van der Waals surface area (Å²) in [5.74, 6) is 1.35. The Hall–Kier alpha value is -2.56. The van der Waals surface area contributed by atoms with Crippen LogP contribution in [0.1, 0.15) is 40.6 Å². The molecular formula is C18H20N4O. The number of aryl methyl sites for hydroxylation is 1. The van der Waals surface area contributed by atoms with Gasteiger partial charge in [0.15, 0.2) is 0 Å². The number of aromatic amines is 2. The van der Waals surface area contributed by atoms with Gasteiger partial charge in [-0.1, -0.05) is 12.1 Å². The van der Waals surface area contributed by atoms with Gasteiger partial charge in [-0.05, 0) is 43.5 Å². The Balaban J connectivity index is 1.55. The molecule has 1 aromatic carbocycles. The highest BCUT2D eigenvalue weighted by atomic mass is 16.2. The van der Waals surface area contributed by atoms with Crippen LogP contribution in [0.4, 0.5) is 0 Å². The van der Waals surface area contributed by atoms with Gasteiger partial charge in [-0.15, -0.1) is 0 Å². The molecule has 1 atom stereocenters. The maximum absolute atomic E-state index is 12.6. The average Bonchev–Trinajstić information content (AvgIpc) is 3.20. The van der Waals surface area contributed by atoms with Gasteiger partial charge in [-0.3, -0.25) is 4.79 Å². The predicted molar refractivity (Wildman–Crippen MR) is 89.5 cm³/mol. The molecule has 5 heteroatoms. The third-order valence-corrected chi connectivity index (χ3v) is 4.56. The van der Waals surface area contributed by atoms with E-state index >= 15 is 0 Å². The summed E-state index contributed by atoms with van der Waals surface area (Å²) in [4.78, 5) is 25.7. The third-order valence-electron chi connectivity index (χ3n) is 4.56. The highest BCUT2D eigenvalue weighted by molar-refractivity contribution is 5.92. The van der Waals surface area contributed by atoms with Crippen molar-refractivity contribution >= 4 is 16.9 Å². The Morgan fingerprint density at radius 1 is 1.35 bits per heavy atom. The van der Waals surface area contributed by atoms with Crippen LogP contribution >= 0.6 is 0 Å². The first kappa shape index (κ1) is 14.1. The average molecular weight is 308 g/mol. The summed E-state index contributed by atoms with van der Waals surface area (Å²) in [6.45, 7) is 3.52. The minimum absolute atomic E-state index is 0.0823. The van der Waals surface area contributed by atoms with Crippen LogP contribution in [0.3, 0.4) is 0 Å². The second-order valence-corrected chi connectivity index (χ2v) is 6.32. The number of para-hydroxylation sites is 2. The zero-order valence-corrected chi connectivity index (χ0v) is 13.2. The molecule has 23 heavy (non-hydrogen) atoms. The lowest BCUT2D eigenvalue weighted by molar-refractivity contribution is 0.0699. The molecule has 3 heterocycles. The standard InChI is InChI=1S/C18H20N4O/c1-12-9-16(19-10-12)18(23)22-8-4-5-13(11-22)17-20-14-6-2-3-7-15(14)21-17/h2-3,6-7,9-10,13,19H,4-5,8,11H2,1H3,(H,20,21). The summed E-state index contributed by atoms with van der Waals surface area (Å²) in [6, 6.07) is 9.97. The number of nitrogens with one attached hydrogen (secondary N) is 2. The lowest BCUT2D eigenvalue weighted by Crippen LogP contribution is -2.39. The fraction of sp³-hybridized carbons (Fsp3) is 0.333. The second-order valence-electron chi connectivity index (χ2n) is 6.32. The number of carbonyl (C=O) groups excluding carboxylic acids is 1. The molecule has 1 fully saturated rings. The van der Waals surface area contributed by atoms with Gasteiger partial charge < -0.3 is 14.9 Å². The van der Waals surface area contributed by atoms with Gasteiger partial charge in [0.25, 0.3) is 5.91 Å². The van der Waals surface area contributed by atoms with E-state index in [1.54, 1.807) is 0 Å². The van der Waals surface area contributed by atoms with Crippen molar-refractivity contribution in [2.75, 3.05) is 13.1 Å². The highest BCUT2D eigenvalue weighted by Gasteiger charge is 2.27. The van der Waals surface area contributed by atoms with Crippen LogP contribution in [0, 0.1) is 6.92 Å². The molecule has 3 aromatic rings. The van der Waals surface area contributed by atoms with Crippen molar-refractivity contribution in [2.24, 2.45) is 0 Å². The van der Waals surface area contributed by atoms with Gasteiger partial charge in [-0.2, -0.15) is 0 Å². The molecule has 2 N–H and O–H groups in total. The van der Waals surface area contributed by atoms with E-state index in [9.17, 15) is 4.79 Å². The summed E-state index contributed by atoms with van der Waals surface area (Å²) in [5.41, 5.74) is 3.81. The number of imidazole rings is 1. The normalized spacial score (nSPS) is 18.5. The van der Waals surface area contributed by atoms with Gasteiger partial charge in [0, 0.05) is 25.2 Å². The third kappa shape index (κ3) is 2.63. The van der Waals surface area contributed by atoms with Crippen LogP contribution in [0.2, 0.25) is 0 Å².